The van der Waals surface area contributed by atoms with Crippen molar-refractivity contribution in [1.29, 1.82) is 0 Å². The molecule has 1 fully saturated rings. The molecule has 0 aliphatic carbocycles. The lowest BCUT2D eigenvalue weighted by Gasteiger charge is -2.27. The van der Waals surface area contributed by atoms with E-state index in [1.807, 2.05) is 0 Å². The first-order valence-corrected chi connectivity index (χ1v) is 6.09. The topological polar surface area (TPSA) is 17.3 Å². The monoisotopic (exact) mass is 217 g/mol. The molecule has 1 heterocycles. The smallest absolute Gasteiger partial charge is 0.0261 e. The van der Waals surface area contributed by atoms with E-state index in [1.165, 1.54) is 22.3 Å². The maximum atomic E-state index is 4.39. The van der Waals surface area contributed by atoms with Gasteiger partial charge in [0.05, 0.1) is 0 Å². The van der Waals surface area contributed by atoms with E-state index in [0.717, 1.165) is 32.7 Å². The standard InChI is InChI=1S/C14H21N2/c1-11-8-12(2)14(13(3)9-11)10-16-6-4-15-5-7-16/h8-9H,4-7,10H2,1-3H3. The summed E-state index contributed by atoms with van der Waals surface area (Å²) in [5.41, 5.74) is 5.74. The predicted molar refractivity (Wildman–Crippen MR) is 67.8 cm³/mol. The van der Waals surface area contributed by atoms with Gasteiger partial charge in [-0.05, 0) is 37.5 Å². The number of rotatable bonds is 2. The molecule has 0 spiro atoms. The van der Waals surface area contributed by atoms with Gasteiger partial charge >= 0.3 is 0 Å². The highest BCUT2D eigenvalue weighted by Crippen LogP contribution is 2.18. The molecule has 0 N–H and O–H groups in total. The summed E-state index contributed by atoms with van der Waals surface area (Å²) < 4.78 is 0. The van der Waals surface area contributed by atoms with Crippen LogP contribution in [0.2, 0.25) is 0 Å². The fourth-order valence-corrected chi connectivity index (χ4v) is 2.49. The van der Waals surface area contributed by atoms with Gasteiger partial charge < -0.3 is 0 Å². The Hall–Kier alpha value is -0.860. The van der Waals surface area contributed by atoms with E-state index in [-0.39, 0.29) is 0 Å². The lowest BCUT2D eigenvalue weighted by atomic mass is 9.99. The van der Waals surface area contributed by atoms with Gasteiger partial charge in [0.2, 0.25) is 0 Å². The summed E-state index contributed by atoms with van der Waals surface area (Å²) in [5.74, 6) is 0. The zero-order valence-corrected chi connectivity index (χ0v) is 10.6. The molecule has 0 saturated carbocycles. The van der Waals surface area contributed by atoms with Gasteiger partial charge in [-0.1, -0.05) is 17.7 Å². The van der Waals surface area contributed by atoms with Gasteiger partial charge in [-0.15, -0.1) is 0 Å². The second kappa shape index (κ2) is 4.98. The number of benzene rings is 1. The summed E-state index contributed by atoms with van der Waals surface area (Å²) in [6.45, 7) is 12.0. The molecule has 0 aromatic heterocycles. The van der Waals surface area contributed by atoms with E-state index in [9.17, 15) is 0 Å². The summed E-state index contributed by atoms with van der Waals surface area (Å²) in [4.78, 5) is 2.51. The van der Waals surface area contributed by atoms with Gasteiger partial charge in [0.25, 0.3) is 0 Å². The first-order valence-electron chi connectivity index (χ1n) is 6.09. The molecule has 0 atom stereocenters. The Morgan fingerprint density at radius 2 is 1.62 bits per heavy atom. The van der Waals surface area contributed by atoms with Crippen molar-refractivity contribution in [2.45, 2.75) is 27.3 Å². The molecule has 1 aromatic rings. The van der Waals surface area contributed by atoms with E-state index < -0.39 is 0 Å². The van der Waals surface area contributed by atoms with Crippen LogP contribution in [0.1, 0.15) is 22.3 Å². The molecule has 1 aromatic carbocycles. The van der Waals surface area contributed by atoms with E-state index in [0.29, 0.717) is 0 Å². The fourth-order valence-electron chi connectivity index (χ4n) is 2.49. The summed E-state index contributed by atoms with van der Waals surface area (Å²) >= 11 is 0. The van der Waals surface area contributed by atoms with Crippen molar-refractivity contribution in [1.82, 2.24) is 10.2 Å². The maximum absolute atomic E-state index is 4.39. The summed E-state index contributed by atoms with van der Waals surface area (Å²) in [6, 6.07) is 4.58. The van der Waals surface area contributed by atoms with Crippen molar-refractivity contribution < 1.29 is 0 Å². The zero-order valence-electron chi connectivity index (χ0n) is 10.6. The third-order valence-electron chi connectivity index (χ3n) is 3.37. The first kappa shape index (κ1) is 11.6. The normalized spacial score (nSPS) is 17.7. The Morgan fingerprint density at radius 1 is 1.06 bits per heavy atom. The summed E-state index contributed by atoms with van der Waals surface area (Å²) in [7, 11) is 0. The van der Waals surface area contributed by atoms with E-state index in [4.69, 9.17) is 0 Å². The van der Waals surface area contributed by atoms with E-state index >= 15 is 0 Å². The minimum absolute atomic E-state index is 1.00. The quantitative estimate of drug-likeness (QED) is 0.741. The van der Waals surface area contributed by atoms with Crippen molar-refractivity contribution in [2.24, 2.45) is 0 Å². The van der Waals surface area contributed by atoms with Crippen molar-refractivity contribution in [3.63, 3.8) is 0 Å². The molecule has 1 aliphatic rings. The number of nitrogens with zero attached hydrogens (tertiary/aromatic N) is 2. The minimum Gasteiger partial charge on any atom is -0.296 e. The Bertz CT molecular complexity index is 342. The molecule has 1 radical (unpaired) electrons. The second-order valence-corrected chi connectivity index (χ2v) is 4.82. The molecule has 87 valence electrons. The Balaban J connectivity index is 2.14. The van der Waals surface area contributed by atoms with Crippen molar-refractivity contribution in [2.75, 3.05) is 26.2 Å². The highest BCUT2D eigenvalue weighted by Gasteiger charge is 2.13. The Labute approximate surface area is 98.7 Å². The van der Waals surface area contributed by atoms with Gasteiger partial charge in [-0.2, -0.15) is 0 Å². The molecule has 2 nitrogen and oxygen atoms in total. The molecular formula is C14H21N2. The summed E-state index contributed by atoms with van der Waals surface area (Å²) in [5, 5.41) is 4.39. The molecule has 0 bridgehead atoms. The minimum atomic E-state index is 1.00. The molecule has 1 aliphatic heterocycles. The lowest BCUT2D eigenvalue weighted by molar-refractivity contribution is 0.230. The molecule has 0 unspecified atom stereocenters. The Morgan fingerprint density at radius 3 is 2.19 bits per heavy atom. The number of aryl methyl sites for hydroxylation is 3. The van der Waals surface area contributed by atoms with Crippen molar-refractivity contribution in [3.05, 3.63) is 34.4 Å². The van der Waals surface area contributed by atoms with E-state index in [2.05, 4.69) is 43.1 Å². The average molecular weight is 217 g/mol. The number of piperazine rings is 1. The largest absolute Gasteiger partial charge is 0.296 e. The van der Waals surface area contributed by atoms with Gasteiger partial charge in [-0.3, -0.25) is 4.90 Å². The molecule has 16 heavy (non-hydrogen) atoms. The highest BCUT2D eigenvalue weighted by molar-refractivity contribution is 5.37. The maximum Gasteiger partial charge on any atom is 0.0261 e. The molecule has 0 amide bonds. The summed E-state index contributed by atoms with van der Waals surface area (Å²) in [6.07, 6.45) is 0. The van der Waals surface area contributed by atoms with Crippen molar-refractivity contribution >= 4 is 0 Å². The SMILES string of the molecule is Cc1cc(C)c(CN2CC[N]CC2)c(C)c1. The van der Waals surface area contributed by atoms with Crippen LogP contribution in [0, 0.1) is 20.8 Å². The van der Waals surface area contributed by atoms with Crippen LogP contribution in [0.4, 0.5) is 0 Å². The van der Waals surface area contributed by atoms with Crippen LogP contribution in [0.3, 0.4) is 0 Å². The number of hydrogen-bond acceptors (Lipinski definition) is 1. The van der Waals surface area contributed by atoms with Crippen LogP contribution in [-0.2, 0) is 6.54 Å². The zero-order chi connectivity index (χ0) is 11.5. The molecule has 2 heteroatoms. The first-order chi connectivity index (χ1) is 7.66. The van der Waals surface area contributed by atoms with Crippen LogP contribution in [0.15, 0.2) is 12.1 Å². The Kier molecular flexibility index (Phi) is 3.62. The van der Waals surface area contributed by atoms with Gasteiger partial charge in [0.15, 0.2) is 0 Å². The number of hydrogen-bond donors (Lipinski definition) is 0. The van der Waals surface area contributed by atoms with Crippen LogP contribution >= 0.6 is 0 Å². The lowest BCUT2D eigenvalue weighted by Crippen LogP contribution is -2.39. The van der Waals surface area contributed by atoms with Crippen LogP contribution in [0.25, 0.3) is 0 Å². The predicted octanol–water partition coefficient (Wildman–Crippen LogP) is 2.03. The highest BCUT2D eigenvalue weighted by atomic mass is 15.2. The third kappa shape index (κ3) is 2.63. The third-order valence-corrected chi connectivity index (χ3v) is 3.37. The fraction of sp³-hybridized carbons (Fsp3) is 0.571. The van der Waals surface area contributed by atoms with Crippen LogP contribution < -0.4 is 5.32 Å². The van der Waals surface area contributed by atoms with E-state index in [1.54, 1.807) is 0 Å². The van der Waals surface area contributed by atoms with Crippen molar-refractivity contribution in [3.8, 4) is 0 Å². The van der Waals surface area contributed by atoms with Gasteiger partial charge in [0.1, 0.15) is 0 Å². The van der Waals surface area contributed by atoms with Crippen LogP contribution in [-0.4, -0.2) is 31.1 Å². The molecular weight excluding hydrogens is 196 g/mol. The second-order valence-electron chi connectivity index (χ2n) is 4.82. The van der Waals surface area contributed by atoms with Gasteiger partial charge in [0, 0.05) is 32.7 Å². The van der Waals surface area contributed by atoms with Gasteiger partial charge in [-0.25, -0.2) is 5.32 Å². The van der Waals surface area contributed by atoms with Crippen LogP contribution in [0.5, 0.6) is 0 Å². The average Bonchev–Trinajstić information content (AvgIpc) is 2.25. The molecule has 2 rings (SSSR count). The molecule has 1 saturated heterocycles.